The van der Waals surface area contributed by atoms with E-state index in [9.17, 15) is 13.2 Å². The zero-order valence-electron chi connectivity index (χ0n) is 14.1. The van der Waals surface area contributed by atoms with Crippen LogP contribution >= 0.6 is 27.3 Å². The molecule has 4 heterocycles. The normalized spacial score (nSPS) is 18.7. The fourth-order valence-corrected chi connectivity index (χ4v) is 7.05. The molecule has 2 aliphatic heterocycles. The van der Waals surface area contributed by atoms with Crippen molar-refractivity contribution in [1.29, 1.82) is 0 Å². The van der Waals surface area contributed by atoms with E-state index in [1.165, 1.54) is 15.6 Å². The molecule has 0 atom stereocenters. The van der Waals surface area contributed by atoms with Crippen LogP contribution in [0.2, 0.25) is 0 Å². The SMILES string of the molecule is O=C(c1cnn2c1CCCC2)N1CCN(S(=O)(=O)c2ccc(Br)s2)CC1. The van der Waals surface area contributed by atoms with E-state index in [2.05, 4.69) is 21.0 Å². The molecule has 26 heavy (non-hydrogen) atoms. The number of aromatic nitrogens is 2. The van der Waals surface area contributed by atoms with Gasteiger partial charge < -0.3 is 4.90 Å². The lowest BCUT2D eigenvalue weighted by Gasteiger charge is -2.33. The van der Waals surface area contributed by atoms with Crippen molar-refractivity contribution in [2.75, 3.05) is 26.2 Å². The number of carbonyl (C=O) groups excluding carboxylic acids is 1. The number of hydrogen-bond acceptors (Lipinski definition) is 5. The van der Waals surface area contributed by atoms with E-state index in [1.54, 1.807) is 23.2 Å². The van der Waals surface area contributed by atoms with Gasteiger partial charge in [0, 0.05) is 32.7 Å². The minimum Gasteiger partial charge on any atom is -0.336 e. The molecule has 1 amide bonds. The maximum atomic E-state index is 12.9. The number of carbonyl (C=O) groups is 1. The molecule has 0 saturated carbocycles. The molecule has 4 rings (SSSR count). The van der Waals surface area contributed by atoms with Gasteiger partial charge in [0.15, 0.2) is 0 Å². The molecule has 0 aromatic carbocycles. The highest BCUT2D eigenvalue weighted by molar-refractivity contribution is 9.11. The molecule has 0 aliphatic carbocycles. The number of halogens is 1. The van der Waals surface area contributed by atoms with Gasteiger partial charge in [0.05, 0.1) is 21.2 Å². The summed E-state index contributed by atoms with van der Waals surface area (Å²) in [4.78, 5) is 14.6. The molecule has 0 bridgehead atoms. The first kappa shape index (κ1) is 18.1. The monoisotopic (exact) mass is 458 g/mol. The standard InChI is InChI=1S/C16H19BrN4O3S2/c17-14-4-5-15(25-14)26(23,24)20-9-7-19(8-10-20)16(22)12-11-18-21-6-2-1-3-13(12)21/h4-5,11H,1-3,6-10H2. The first-order chi connectivity index (χ1) is 12.5. The third-order valence-corrected chi connectivity index (χ3v) is 8.87. The van der Waals surface area contributed by atoms with Crippen LogP contribution in [0.5, 0.6) is 0 Å². The van der Waals surface area contributed by atoms with E-state index in [0.29, 0.717) is 36.0 Å². The summed E-state index contributed by atoms with van der Waals surface area (Å²) in [5.41, 5.74) is 1.68. The third-order valence-electron chi connectivity index (χ3n) is 4.88. The second kappa shape index (κ2) is 7.06. The van der Waals surface area contributed by atoms with Crippen LogP contribution in [0.3, 0.4) is 0 Å². The summed E-state index contributed by atoms with van der Waals surface area (Å²) in [5.74, 6) is -0.0379. The summed E-state index contributed by atoms with van der Waals surface area (Å²) in [6, 6.07) is 3.35. The summed E-state index contributed by atoms with van der Waals surface area (Å²) >= 11 is 4.51. The number of fused-ring (bicyclic) bond motifs is 1. The van der Waals surface area contributed by atoms with Crippen molar-refractivity contribution in [2.45, 2.75) is 30.0 Å². The molecule has 0 radical (unpaired) electrons. The zero-order valence-corrected chi connectivity index (χ0v) is 17.3. The average molecular weight is 459 g/mol. The largest absolute Gasteiger partial charge is 0.336 e. The third kappa shape index (κ3) is 3.23. The number of sulfonamides is 1. The Labute approximate surface area is 164 Å². The highest BCUT2D eigenvalue weighted by atomic mass is 79.9. The predicted octanol–water partition coefficient (Wildman–Crippen LogP) is 2.19. The Morgan fingerprint density at radius 3 is 2.58 bits per heavy atom. The van der Waals surface area contributed by atoms with Gasteiger partial charge in [-0.15, -0.1) is 11.3 Å². The van der Waals surface area contributed by atoms with E-state index in [0.717, 1.165) is 35.3 Å². The summed E-state index contributed by atoms with van der Waals surface area (Å²) in [6.45, 7) is 2.29. The van der Waals surface area contributed by atoms with Crippen LogP contribution in [-0.4, -0.2) is 59.5 Å². The number of aryl methyl sites for hydroxylation is 1. The van der Waals surface area contributed by atoms with Crippen molar-refractivity contribution in [3.05, 3.63) is 33.4 Å². The van der Waals surface area contributed by atoms with Crippen molar-refractivity contribution in [1.82, 2.24) is 19.0 Å². The van der Waals surface area contributed by atoms with Crippen molar-refractivity contribution in [3.8, 4) is 0 Å². The van der Waals surface area contributed by atoms with E-state index in [1.807, 2.05) is 4.68 Å². The Morgan fingerprint density at radius 2 is 1.88 bits per heavy atom. The van der Waals surface area contributed by atoms with Crippen molar-refractivity contribution in [3.63, 3.8) is 0 Å². The van der Waals surface area contributed by atoms with Crippen molar-refractivity contribution < 1.29 is 13.2 Å². The maximum Gasteiger partial charge on any atom is 0.257 e. The molecule has 2 aromatic heterocycles. The number of nitrogens with zero attached hydrogens (tertiary/aromatic N) is 4. The number of piperazine rings is 1. The summed E-state index contributed by atoms with van der Waals surface area (Å²) < 4.78 is 29.9. The summed E-state index contributed by atoms with van der Waals surface area (Å²) in [5, 5.41) is 4.33. The lowest BCUT2D eigenvalue weighted by Crippen LogP contribution is -2.50. The molecular weight excluding hydrogens is 440 g/mol. The molecule has 2 aromatic rings. The van der Waals surface area contributed by atoms with Crippen molar-refractivity contribution in [2.24, 2.45) is 0 Å². The first-order valence-electron chi connectivity index (χ1n) is 8.56. The minimum atomic E-state index is -3.49. The highest BCUT2D eigenvalue weighted by Gasteiger charge is 2.32. The predicted molar refractivity (Wildman–Crippen MR) is 102 cm³/mol. The summed E-state index contributed by atoms with van der Waals surface area (Å²) in [6.07, 6.45) is 4.71. The lowest BCUT2D eigenvalue weighted by molar-refractivity contribution is 0.0696. The van der Waals surface area contributed by atoms with Gasteiger partial charge in [-0.1, -0.05) is 0 Å². The Morgan fingerprint density at radius 1 is 1.12 bits per heavy atom. The first-order valence-corrected chi connectivity index (χ1v) is 11.6. The topological polar surface area (TPSA) is 75.5 Å². The number of thiophene rings is 1. The second-order valence-corrected chi connectivity index (χ2v) is 11.1. The smallest absolute Gasteiger partial charge is 0.257 e. The van der Waals surface area contributed by atoms with Gasteiger partial charge in [-0.05, 0) is 47.3 Å². The average Bonchev–Trinajstić information content (AvgIpc) is 3.28. The fourth-order valence-electron chi connectivity index (χ4n) is 3.47. The lowest BCUT2D eigenvalue weighted by atomic mass is 10.1. The molecule has 1 fully saturated rings. The molecule has 0 N–H and O–H groups in total. The minimum absolute atomic E-state index is 0.0379. The van der Waals surface area contributed by atoms with Crippen LogP contribution < -0.4 is 0 Å². The maximum absolute atomic E-state index is 12.9. The van der Waals surface area contributed by atoms with Crippen LogP contribution in [0.25, 0.3) is 0 Å². The molecule has 7 nitrogen and oxygen atoms in total. The number of rotatable bonds is 3. The number of amides is 1. The van der Waals surface area contributed by atoms with Gasteiger partial charge in [-0.2, -0.15) is 9.40 Å². The molecule has 0 unspecified atom stereocenters. The van der Waals surface area contributed by atoms with Gasteiger partial charge in [0.2, 0.25) is 0 Å². The molecule has 2 aliphatic rings. The molecule has 140 valence electrons. The number of hydrogen-bond donors (Lipinski definition) is 0. The molecule has 0 spiro atoms. The van der Waals surface area contributed by atoms with Gasteiger partial charge in [-0.3, -0.25) is 9.48 Å². The van der Waals surface area contributed by atoms with Gasteiger partial charge in [0.1, 0.15) is 4.21 Å². The Bertz CT molecular complexity index is 929. The Balaban J connectivity index is 1.45. The quantitative estimate of drug-likeness (QED) is 0.706. The fraction of sp³-hybridized carbons (Fsp3) is 0.500. The van der Waals surface area contributed by atoms with Crippen LogP contribution in [0.1, 0.15) is 28.9 Å². The molecule has 1 saturated heterocycles. The van der Waals surface area contributed by atoms with Gasteiger partial charge >= 0.3 is 0 Å². The van der Waals surface area contributed by atoms with E-state index < -0.39 is 10.0 Å². The van der Waals surface area contributed by atoms with E-state index in [4.69, 9.17) is 0 Å². The van der Waals surface area contributed by atoms with Crippen molar-refractivity contribution >= 4 is 43.2 Å². The van der Waals surface area contributed by atoms with Gasteiger partial charge in [0.25, 0.3) is 15.9 Å². The molecular formula is C16H19BrN4O3S2. The highest BCUT2D eigenvalue weighted by Crippen LogP contribution is 2.29. The Kier molecular flexibility index (Phi) is 4.93. The summed E-state index contributed by atoms with van der Waals surface area (Å²) in [7, 11) is -3.49. The Hall–Kier alpha value is -1.23. The van der Waals surface area contributed by atoms with Crippen LogP contribution in [0.15, 0.2) is 26.3 Å². The molecule has 10 heteroatoms. The van der Waals surface area contributed by atoms with Crippen LogP contribution in [0.4, 0.5) is 0 Å². The van der Waals surface area contributed by atoms with Crippen LogP contribution in [0, 0.1) is 0 Å². The van der Waals surface area contributed by atoms with Crippen LogP contribution in [-0.2, 0) is 23.0 Å². The van der Waals surface area contributed by atoms with E-state index >= 15 is 0 Å². The van der Waals surface area contributed by atoms with Gasteiger partial charge in [-0.25, -0.2) is 8.42 Å². The van der Waals surface area contributed by atoms with E-state index in [-0.39, 0.29) is 5.91 Å². The second-order valence-electron chi connectivity index (χ2n) is 6.44. The zero-order chi connectivity index (χ0) is 18.3.